The highest BCUT2D eigenvalue weighted by Gasteiger charge is 2.12. The first-order valence-corrected chi connectivity index (χ1v) is 5.28. The van der Waals surface area contributed by atoms with Gasteiger partial charge in [-0.2, -0.15) is 0 Å². The summed E-state index contributed by atoms with van der Waals surface area (Å²) in [7, 11) is 0. The summed E-state index contributed by atoms with van der Waals surface area (Å²) >= 11 is 15.9. The van der Waals surface area contributed by atoms with E-state index < -0.39 is 23.4 Å². The normalized spacial score (nSPS) is 9.71. The molecule has 0 fully saturated rings. The van der Waals surface area contributed by atoms with Crippen molar-refractivity contribution in [1.82, 2.24) is 5.32 Å². The van der Waals surface area contributed by atoms with E-state index in [1.165, 1.54) is 0 Å². The lowest BCUT2D eigenvalue weighted by Gasteiger charge is -2.08. The second-order valence-corrected chi connectivity index (χ2v) is 4.08. The molecule has 1 aromatic carbocycles. The van der Waals surface area contributed by atoms with Gasteiger partial charge in [0, 0.05) is 0 Å². The number of rotatable bonds is 2. The van der Waals surface area contributed by atoms with Crippen LogP contribution in [-0.4, -0.2) is 6.03 Å². The van der Waals surface area contributed by atoms with Crippen molar-refractivity contribution >= 4 is 46.5 Å². The number of urea groups is 1. The molecule has 0 radical (unpaired) electrons. The van der Waals surface area contributed by atoms with Gasteiger partial charge < -0.3 is 5.32 Å². The van der Waals surface area contributed by atoms with Gasteiger partial charge in [-0.05, 0) is 12.1 Å². The molecular formula is C9H5Cl3F2N2O. The van der Waals surface area contributed by atoms with E-state index in [2.05, 4.69) is 0 Å². The Kier molecular flexibility index (Phi) is 4.99. The number of carbonyl (C=O) groups is 1. The first-order chi connectivity index (χ1) is 7.91. The van der Waals surface area contributed by atoms with E-state index in [0.29, 0.717) is 0 Å². The third-order valence-electron chi connectivity index (χ3n) is 1.59. The SMILES string of the molecule is O=C(NC(Cl)=C(Cl)Cl)Nc1c(F)cccc1F. The predicted molar refractivity (Wildman–Crippen MR) is 63.1 cm³/mol. The van der Waals surface area contributed by atoms with Crippen LogP contribution in [0.5, 0.6) is 0 Å². The van der Waals surface area contributed by atoms with Gasteiger partial charge in [0.05, 0.1) is 0 Å². The van der Waals surface area contributed by atoms with Crippen LogP contribution < -0.4 is 10.6 Å². The summed E-state index contributed by atoms with van der Waals surface area (Å²) in [6.07, 6.45) is 0. The molecule has 0 bridgehead atoms. The maximum atomic E-state index is 13.1. The molecule has 0 saturated carbocycles. The number of para-hydroxylation sites is 1. The molecule has 8 heteroatoms. The fourth-order valence-electron chi connectivity index (χ4n) is 0.909. The first-order valence-electron chi connectivity index (χ1n) is 4.14. The topological polar surface area (TPSA) is 41.1 Å². The number of amides is 2. The Morgan fingerprint density at radius 3 is 2.12 bits per heavy atom. The van der Waals surface area contributed by atoms with E-state index in [1.807, 2.05) is 10.6 Å². The van der Waals surface area contributed by atoms with Crippen molar-refractivity contribution < 1.29 is 13.6 Å². The van der Waals surface area contributed by atoms with Crippen LogP contribution in [0.1, 0.15) is 0 Å². The Labute approximate surface area is 110 Å². The Balaban J connectivity index is 2.79. The molecule has 0 aliphatic rings. The van der Waals surface area contributed by atoms with Crippen molar-refractivity contribution in [1.29, 1.82) is 0 Å². The number of halogens is 5. The van der Waals surface area contributed by atoms with Crippen molar-refractivity contribution in [3.63, 3.8) is 0 Å². The zero-order chi connectivity index (χ0) is 13.0. The first kappa shape index (κ1) is 14.0. The van der Waals surface area contributed by atoms with E-state index in [4.69, 9.17) is 34.8 Å². The van der Waals surface area contributed by atoms with Crippen molar-refractivity contribution in [2.75, 3.05) is 5.32 Å². The smallest absolute Gasteiger partial charge is 0.303 e. The van der Waals surface area contributed by atoms with Crippen LogP contribution in [0, 0.1) is 11.6 Å². The van der Waals surface area contributed by atoms with Crippen LogP contribution in [0.25, 0.3) is 0 Å². The molecule has 0 aliphatic heterocycles. The molecule has 1 aromatic rings. The molecule has 0 unspecified atom stereocenters. The maximum absolute atomic E-state index is 13.1. The Morgan fingerprint density at radius 2 is 1.65 bits per heavy atom. The van der Waals surface area contributed by atoms with E-state index in [9.17, 15) is 13.6 Å². The number of nitrogens with one attached hydrogen (secondary N) is 2. The van der Waals surface area contributed by atoms with E-state index in [-0.39, 0.29) is 9.65 Å². The molecule has 0 heterocycles. The molecule has 0 aromatic heterocycles. The maximum Gasteiger partial charge on any atom is 0.324 e. The lowest BCUT2D eigenvalue weighted by Crippen LogP contribution is -2.27. The van der Waals surface area contributed by atoms with Gasteiger partial charge in [0.25, 0.3) is 0 Å². The molecular weight excluding hydrogens is 296 g/mol. The summed E-state index contributed by atoms with van der Waals surface area (Å²) in [5.41, 5.74) is -0.597. The molecule has 0 saturated heterocycles. The van der Waals surface area contributed by atoms with Gasteiger partial charge in [-0.1, -0.05) is 40.9 Å². The number of hydrogen-bond acceptors (Lipinski definition) is 1. The minimum Gasteiger partial charge on any atom is -0.303 e. The Morgan fingerprint density at radius 1 is 1.12 bits per heavy atom. The fraction of sp³-hybridized carbons (Fsp3) is 0. The minimum absolute atomic E-state index is 0.359. The summed E-state index contributed by atoms with van der Waals surface area (Å²) in [6.45, 7) is 0. The Bertz CT molecular complexity index is 455. The molecule has 3 nitrogen and oxygen atoms in total. The fourth-order valence-corrected chi connectivity index (χ4v) is 1.09. The summed E-state index contributed by atoms with van der Waals surface area (Å²) in [4.78, 5) is 11.2. The summed E-state index contributed by atoms with van der Waals surface area (Å²) in [5, 5.41) is 3.55. The second-order valence-electron chi connectivity index (χ2n) is 2.75. The van der Waals surface area contributed by atoms with E-state index >= 15 is 0 Å². The van der Waals surface area contributed by atoms with Gasteiger partial charge in [0.2, 0.25) is 0 Å². The molecule has 92 valence electrons. The van der Waals surface area contributed by atoms with Gasteiger partial charge in [-0.25, -0.2) is 13.6 Å². The molecule has 0 aliphatic carbocycles. The molecule has 0 atom stereocenters. The molecule has 2 amide bonds. The van der Waals surface area contributed by atoms with Gasteiger partial charge in [-0.3, -0.25) is 5.32 Å². The highest BCUT2D eigenvalue weighted by Crippen LogP contribution is 2.19. The predicted octanol–water partition coefficient (Wildman–Crippen LogP) is 3.93. The van der Waals surface area contributed by atoms with Gasteiger partial charge >= 0.3 is 6.03 Å². The minimum atomic E-state index is -0.974. The number of carbonyl (C=O) groups excluding carboxylic acids is 1. The molecule has 0 spiro atoms. The standard InChI is InChI=1S/C9H5Cl3F2N2O/c10-7(11)8(12)16-9(17)15-6-4(13)2-1-3-5(6)14/h1-3H,(H2,15,16,17). The Hall–Kier alpha value is -1.04. The molecule has 2 N–H and O–H groups in total. The van der Waals surface area contributed by atoms with Gasteiger partial charge in [0.15, 0.2) is 0 Å². The summed E-state index contributed by atoms with van der Waals surface area (Å²) in [6, 6.07) is 2.17. The highest BCUT2D eigenvalue weighted by molar-refractivity contribution is 6.59. The van der Waals surface area contributed by atoms with Crippen molar-refractivity contribution in [2.45, 2.75) is 0 Å². The summed E-state index contributed by atoms with van der Waals surface area (Å²) < 4.78 is 25.9. The number of hydrogen-bond donors (Lipinski definition) is 2. The highest BCUT2D eigenvalue weighted by atomic mass is 35.5. The van der Waals surface area contributed by atoms with Crippen LogP contribution in [-0.2, 0) is 0 Å². The quantitative estimate of drug-likeness (QED) is 0.798. The largest absolute Gasteiger partial charge is 0.324 e. The third kappa shape index (κ3) is 4.03. The van der Waals surface area contributed by atoms with Crippen LogP contribution in [0.3, 0.4) is 0 Å². The zero-order valence-electron chi connectivity index (χ0n) is 8.03. The average Bonchev–Trinajstić information content (AvgIpc) is 2.23. The van der Waals surface area contributed by atoms with Gasteiger partial charge in [-0.15, -0.1) is 0 Å². The van der Waals surface area contributed by atoms with E-state index in [0.717, 1.165) is 18.2 Å². The number of anilines is 1. The van der Waals surface area contributed by atoms with Crippen molar-refractivity contribution in [2.24, 2.45) is 0 Å². The van der Waals surface area contributed by atoms with Crippen LogP contribution >= 0.6 is 34.8 Å². The van der Waals surface area contributed by atoms with Crippen LogP contribution in [0.15, 0.2) is 27.8 Å². The summed E-state index contributed by atoms with van der Waals surface area (Å²) in [5.74, 6) is -1.84. The molecule has 17 heavy (non-hydrogen) atoms. The van der Waals surface area contributed by atoms with Crippen molar-refractivity contribution in [3.8, 4) is 0 Å². The third-order valence-corrected chi connectivity index (χ3v) is 2.45. The van der Waals surface area contributed by atoms with Gasteiger partial charge in [0.1, 0.15) is 27.0 Å². The number of benzene rings is 1. The monoisotopic (exact) mass is 300 g/mol. The van der Waals surface area contributed by atoms with Crippen molar-refractivity contribution in [3.05, 3.63) is 39.5 Å². The van der Waals surface area contributed by atoms with Crippen LogP contribution in [0.4, 0.5) is 19.3 Å². The lowest BCUT2D eigenvalue weighted by molar-refractivity contribution is 0.254. The zero-order valence-corrected chi connectivity index (χ0v) is 10.3. The van der Waals surface area contributed by atoms with Crippen LogP contribution in [0.2, 0.25) is 0 Å². The lowest BCUT2D eigenvalue weighted by atomic mass is 10.3. The van der Waals surface area contributed by atoms with E-state index in [1.54, 1.807) is 0 Å². The average molecular weight is 302 g/mol. The second kappa shape index (κ2) is 6.05. The molecule has 1 rings (SSSR count).